The minimum atomic E-state index is -1.000. The predicted octanol–water partition coefficient (Wildman–Crippen LogP) is 2.44. The summed E-state index contributed by atoms with van der Waals surface area (Å²) in [6, 6.07) is 5.02. The molecule has 21 heavy (non-hydrogen) atoms. The standard InChI is InChI=1S/C16H23NO4/c1-4-5-13(16(19)20)17-15(18)8-9-21-14-7-6-11(2)10-12(14)3/h6-7,10,13H,4-5,8-9H2,1-3H3,(H,17,18)(H,19,20). The zero-order valence-electron chi connectivity index (χ0n) is 12.8. The summed E-state index contributed by atoms with van der Waals surface area (Å²) in [6.45, 7) is 6.06. The molecule has 1 rings (SSSR count). The van der Waals surface area contributed by atoms with Crippen molar-refractivity contribution in [2.75, 3.05) is 6.61 Å². The van der Waals surface area contributed by atoms with Gasteiger partial charge < -0.3 is 15.2 Å². The summed E-state index contributed by atoms with van der Waals surface area (Å²) in [7, 11) is 0. The Bertz CT molecular complexity index is 499. The number of carboxylic acid groups (broad SMARTS) is 1. The average molecular weight is 293 g/mol. The molecule has 0 radical (unpaired) electrons. The Morgan fingerprint density at radius 1 is 1.33 bits per heavy atom. The van der Waals surface area contributed by atoms with Gasteiger partial charge in [-0.1, -0.05) is 31.0 Å². The van der Waals surface area contributed by atoms with Crippen molar-refractivity contribution in [1.82, 2.24) is 5.32 Å². The lowest BCUT2D eigenvalue weighted by Gasteiger charge is -2.14. The molecule has 0 fully saturated rings. The molecule has 5 nitrogen and oxygen atoms in total. The molecule has 2 N–H and O–H groups in total. The molecule has 0 aliphatic rings. The SMILES string of the molecule is CCCC(NC(=O)CCOc1ccc(C)cc1C)C(=O)O. The second-order valence-electron chi connectivity index (χ2n) is 5.11. The van der Waals surface area contributed by atoms with Gasteiger partial charge in [0.1, 0.15) is 11.8 Å². The Kier molecular flexibility index (Phi) is 6.72. The molecule has 5 heteroatoms. The molecule has 1 atom stereocenters. The van der Waals surface area contributed by atoms with Crippen LogP contribution in [-0.4, -0.2) is 29.6 Å². The molecule has 0 aliphatic carbocycles. The van der Waals surface area contributed by atoms with Gasteiger partial charge in [-0.15, -0.1) is 0 Å². The van der Waals surface area contributed by atoms with E-state index >= 15 is 0 Å². The maximum absolute atomic E-state index is 11.7. The molecule has 1 aromatic carbocycles. The van der Waals surface area contributed by atoms with Gasteiger partial charge in [-0.05, 0) is 31.9 Å². The number of nitrogens with one attached hydrogen (secondary N) is 1. The number of aryl methyl sites for hydroxylation is 2. The number of hydrogen-bond donors (Lipinski definition) is 2. The second-order valence-corrected chi connectivity index (χ2v) is 5.11. The average Bonchev–Trinajstić information content (AvgIpc) is 2.40. The molecule has 0 saturated heterocycles. The molecular formula is C16H23NO4. The quantitative estimate of drug-likeness (QED) is 0.772. The van der Waals surface area contributed by atoms with Gasteiger partial charge in [-0.2, -0.15) is 0 Å². The molecule has 0 heterocycles. The summed E-state index contributed by atoms with van der Waals surface area (Å²) in [6.07, 6.45) is 1.27. The fraction of sp³-hybridized carbons (Fsp3) is 0.500. The molecule has 0 aliphatic heterocycles. The predicted molar refractivity (Wildman–Crippen MR) is 80.5 cm³/mol. The summed E-state index contributed by atoms with van der Waals surface area (Å²) in [5.41, 5.74) is 2.17. The molecular weight excluding hydrogens is 270 g/mol. The van der Waals surface area contributed by atoms with Crippen LogP contribution in [0.5, 0.6) is 5.75 Å². The van der Waals surface area contributed by atoms with Crippen molar-refractivity contribution in [2.24, 2.45) is 0 Å². The van der Waals surface area contributed by atoms with Crippen molar-refractivity contribution < 1.29 is 19.4 Å². The lowest BCUT2D eigenvalue weighted by atomic mass is 10.1. The van der Waals surface area contributed by atoms with Gasteiger partial charge in [0.25, 0.3) is 0 Å². The monoisotopic (exact) mass is 293 g/mol. The minimum absolute atomic E-state index is 0.140. The number of benzene rings is 1. The van der Waals surface area contributed by atoms with E-state index in [-0.39, 0.29) is 18.9 Å². The zero-order chi connectivity index (χ0) is 15.8. The summed E-state index contributed by atoms with van der Waals surface area (Å²) in [5.74, 6) is -0.558. The molecule has 1 aromatic rings. The van der Waals surface area contributed by atoms with E-state index in [0.717, 1.165) is 16.9 Å². The van der Waals surface area contributed by atoms with Crippen molar-refractivity contribution >= 4 is 11.9 Å². The van der Waals surface area contributed by atoms with Gasteiger partial charge in [0.05, 0.1) is 13.0 Å². The van der Waals surface area contributed by atoms with Gasteiger partial charge in [0, 0.05) is 0 Å². The molecule has 116 valence electrons. The topological polar surface area (TPSA) is 75.6 Å². The van der Waals surface area contributed by atoms with E-state index in [1.165, 1.54) is 0 Å². The van der Waals surface area contributed by atoms with Crippen molar-refractivity contribution in [3.8, 4) is 5.75 Å². The van der Waals surface area contributed by atoms with Crippen molar-refractivity contribution in [3.05, 3.63) is 29.3 Å². The maximum Gasteiger partial charge on any atom is 0.326 e. The van der Waals surface area contributed by atoms with E-state index in [1.54, 1.807) is 0 Å². The number of carboxylic acids is 1. The van der Waals surface area contributed by atoms with E-state index in [0.29, 0.717) is 12.8 Å². The molecule has 0 saturated carbocycles. The first-order valence-electron chi connectivity index (χ1n) is 7.16. The number of rotatable bonds is 8. The Balaban J connectivity index is 2.41. The fourth-order valence-electron chi connectivity index (χ4n) is 2.03. The van der Waals surface area contributed by atoms with E-state index < -0.39 is 12.0 Å². The second kappa shape index (κ2) is 8.29. The third-order valence-electron chi connectivity index (χ3n) is 3.13. The van der Waals surface area contributed by atoms with Crippen LogP contribution in [0.1, 0.15) is 37.3 Å². The first-order chi connectivity index (χ1) is 9.93. The van der Waals surface area contributed by atoms with Crippen LogP contribution in [0.4, 0.5) is 0 Å². The Hall–Kier alpha value is -2.04. The third kappa shape index (κ3) is 5.85. The summed E-state index contributed by atoms with van der Waals surface area (Å²) >= 11 is 0. The highest BCUT2D eigenvalue weighted by atomic mass is 16.5. The van der Waals surface area contributed by atoms with E-state index in [2.05, 4.69) is 5.32 Å². The molecule has 1 unspecified atom stereocenters. The Morgan fingerprint density at radius 2 is 2.05 bits per heavy atom. The van der Waals surface area contributed by atoms with E-state index in [4.69, 9.17) is 9.84 Å². The number of ether oxygens (including phenoxy) is 1. The zero-order valence-corrected chi connectivity index (χ0v) is 12.8. The third-order valence-corrected chi connectivity index (χ3v) is 3.13. The lowest BCUT2D eigenvalue weighted by molar-refractivity contribution is -0.142. The first-order valence-corrected chi connectivity index (χ1v) is 7.16. The number of aliphatic carboxylic acids is 1. The highest BCUT2D eigenvalue weighted by molar-refractivity contribution is 5.83. The first kappa shape index (κ1) is 17.0. The van der Waals surface area contributed by atoms with Gasteiger partial charge in [0.15, 0.2) is 0 Å². The normalized spacial score (nSPS) is 11.8. The van der Waals surface area contributed by atoms with Crippen LogP contribution in [0, 0.1) is 13.8 Å². The molecule has 0 aromatic heterocycles. The number of amides is 1. The number of carbonyl (C=O) groups excluding carboxylic acids is 1. The Morgan fingerprint density at radius 3 is 2.62 bits per heavy atom. The van der Waals surface area contributed by atoms with E-state index in [1.807, 2.05) is 39.0 Å². The van der Waals surface area contributed by atoms with Crippen LogP contribution in [0.2, 0.25) is 0 Å². The Labute approximate surface area is 125 Å². The summed E-state index contributed by atoms with van der Waals surface area (Å²) in [5, 5.41) is 11.5. The molecule has 1 amide bonds. The molecule has 0 bridgehead atoms. The van der Waals surface area contributed by atoms with Crippen LogP contribution in [0.3, 0.4) is 0 Å². The highest BCUT2D eigenvalue weighted by Gasteiger charge is 2.18. The van der Waals surface area contributed by atoms with Gasteiger partial charge in [-0.3, -0.25) is 4.79 Å². The van der Waals surface area contributed by atoms with Gasteiger partial charge in [-0.25, -0.2) is 4.79 Å². The lowest BCUT2D eigenvalue weighted by Crippen LogP contribution is -2.41. The number of carbonyl (C=O) groups is 2. The minimum Gasteiger partial charge on any atom is -0.493 e. The van der Waals surface area contributed by atoms with Crippen LogP contribution in [0.15, 0.2) is 18.2 Å². The van der Waals surface area contributed by atoms with Crippen LogP contribution in [-0.2, 0) is 9.59 Å². The molecule has 0 spiro atoms. The fourth-order valence-corrected chi connectivity index (χ4v) is 2.03. The van der Waals surface area contributed by atoms with Crippen molar-refractivity contribution in [3.63, 3.8) is 0 Å². The van der Waals surface area contributed by atoms with Crippen molar-refractivity contribution in [1.29, 1.82) is 0 Å². The summed E-state index contributed by atoms with van der Waals surface area (Å²) < 4.78 is 5.56. The van der Waals surface area contributed by atoms with Crippen LogP contribution in [0.25, 0.3) is 0 Å². The summed E-state index contributed by atoms with van der Waals surface area (Å²) in [4.78, 5) is 22.7. The van der Waals surface area contributed by atoms with E-state index in [9.17, 15) is 9.59 Å². The van der Waals surface area contributed by atoms with Crippen molar-refractivity contribution in [2.45, 2.75) is 46.1 Å². The highest BCUT2D eigenvalue weighted by Crippen LogP contribution is 2.18. The van der Waals surface area contributed by atoms with Gasteiger partial charge >= 0.3 is 5.97 Å². The number of hydrogen-bond acceptors (Lipinski definition) is 3. The van der Waals surface area contributed by atoms with Crippen LogP contribution >= 0.6 is 0 Å². The largest absolute Gasteiger partial charge is 0.493 e. The smallest absolute Gasteiger partial charge is 0.326 e. The van der Waals surface area contributed by atoms with Gasteiger partial charge in [0.2, 0.25) is 5.91 Å². The maximum atomic E-state index is 11.7. The van der Waals surface area contributed by atoms with Crippen LogP contribution < -0.4 is 10.1 Å².